The van der Waals surface area contributed by atoms with E-state index in [1.54, 1.807) is 0 Å². The Hall–Kier alpha value is -2.66. The Balaban J connectivity index is 1.45. The molecule has 3 aromatic rings. The van der Waals surface area contributed by atoms with Gasteiger partial charge in [-0.15, -0.1) is 0 Å². The van der Waals surface area contributed by atoms with E-state index in [9.17, 15) is 4.79 Å². The third-order valence-electron chi connectivity index (χ3n) is 5.13. The summed E-state index contributed by atoms with van der Waals surface area (Å²) >= 11 is 5.93. The van der Waals surface area contributed by atoms with Crippen LogP contribution < -0.4 is 0 Å². The highest BCUT2D eigenvalue weighted by Gasteiger charge is 2.34. The fraction of sp³-hybridized carbons (Fsp3) is 0.318. The van der Waals surface area contributed by atoms with Crippen molar-refractivity contribution >= 4 is 17.5 Å². The topological polar surface area (TPSA) is 59.2 Å². The highest BCUT2D eigenvalue weighted by Crippen LogP contribution is 2.30. The Labute approximate surface area is 169 Å². The number of aromatic nitrogens is 2. The smallest absolute Gasteiger partial charge is 0.232 e. The summed E-state index contributed by atoms with van der Waals surface area (Å²) in [7, 11) is 0. The maximum absolute atomic E-state index is 12.4. The minimum absolute atomic E-state index is 0.0732. The quantitative estimate of drug-likeness (QED) is 0.608. The van der Waals surface area contributed by atoms with Gasteiger partial charge in [0.2, 0.25) is 17.6 Å². The van der Waals surface area contributed by atoms with Gasteiger partial charge in [0, 0.05) is 30.1 Å². The predicted molar refractivity (Wildman–Crippen MR) is 108 cm³/mol. The van der Waals surface area contributed by atoms with Crippen molar-refractivity contribution < 1.29 is 9.32 Å². The molecule has 4 rings (SSSR count). The van der Waals surface area contributed by atoms with Gasteiger partial charge in [-0.2, -0.15) is 4.98 Å². The van der Waals surface area contributed by atoms with Crippen molar-refractivity contribution in [3.63, 3.8) is 0 Å². The van der Waals surface area contributed by atoms with Crippen molar-refractivity contribution in [1.82, 2.24) is 15.0 Å². The van der Waals surface area contributed by atoms with Crippen LogP contribution in [-0.2, 0) is 11.3 Å². The molecule has 2 heterocycles. The maximum Gasteiger partial charge on any atom is 0.232 e. The standard InChI is InChI=1S/C22H22ClN3O2/c1-14(2)16-5-7-17(8-6-16)21-24-22(28-25-21)18-11-20(27)26(13-18)12-15-3-9-19(23)10-4-15/h3-10,14,18H,11-13H2,1-2H3. The summed E-state index contributed by atoms with van der Waals surface area (Å²) in [5.41, 5.74) is 3.24. The average Bonchev–Trinajstić information content (AvgIpc) is 3.31. The van der Waals surface area contributed by atoms with Crippen LogP contribution in [0, 0.1) is 0 Å². The number of carbonyl (C=O) groups excluding carboxylic acids is 1. The Bertz CT molecular complexity index is 964. The van der Waals surface area contributed by atoms with Crippen LogP contribution in [0.15, 0.2) is 53.1 Å². The van der Waals surface area contributed by atoms with Gasteiger partial charge in [0.05, 0.1) is 5.92 Å². The van der Waals surface area contributed by atoms with Crippen molar-refractivity contribution in [1.29, 1.82) is 0 Å². The molecule has 144 valence electrons. The van der Waals surface area contributed by atoms with E-state index < -0.39 is 0 Å². The first-order chi connectivity index (χ1) is 13.5. The molecule has 1 saturated heterocycles. The Morgan fingerprint density at radius 3 is 2.54 bits per heavy atom. The van der Waals surface area contributed by atoms with Crippen molar-refractivity contribution in [2.75, 3.05) is 6.54 Å². The summed E-state index contributed by atoms with van der Waals surface area (Å²) in [6.45, 7) is 5.46. The number of rotatable bonds is 5. The van der Waals surface area contributed by atoms with Gasteiger partial charge >= 0.3 is 0 Å². The van der Waals surface area contributed by atoms with Crippen molar-refractivity contribution in [2.45, 2.75) is 38.6 Å². The lowest BCUT2D eigenvalue weighted by molar-refractivity contribution is -0.128. The van der Waals surface area contributed by atoms with Crippen molar-refractivity contribution in [3.05, 3.63) is 70.6 Å². The summed E-state index contributed by atoms with van der Waals surface area (Å²) in [4.78, 5) is 18.8. The van der Waals surface area contributed by atoms with E-state index in [2.05, 4.69) is 36.1 Å². The molecule has 1 aliphatic heterocycles. The number of hydrogen-bond acceptors (Lipinski definition) is 4. The lowest BCUT2D eigenvalue weighted by Gasteiger charge is -2.16. The van der Waals surface area contributed by atoms with Gasteiger partial charge in [-0.1, -0.05) is 67.0 Å². The van der Waals surface area contributed by atoms with E-state index in [0.29, 0.717) is 42.2 Å². The van der Waals surface area contributed by atoms with Crippen LogP contribution in [0.25, 0.3) is 11.4 Å². The van der Waals surface area contributed by atoms with Gasteiger partial charge in [0.15, 0.2) is 0 Å². The molecule has 1 amide bonds. The van der Waals surface area contributed by atoms with E-state index in [4.69, 9.17) is 16.1 Å². The van der Waals surface area contributed by atoms with Gasteiger partial charge in [0.1, 0.15) is 0 Å². The zero-order valence-corrected chi connectivity index (χ0v) is 16.7. The largest absolute Gasteiger partial charge is 0.339 e. The fourth-order valence-corrected chi connectivity index (χ4v) is 3.56. The molecule has 0 bridgehead atoms. The third-order valence-corrected chi connectivity index (χ3v) is 5.38. The molecule has 1 aromatic heterocycles. The molecule has 0 N–H and O–H groups in total. The number of likely N-dealkylation sites (tertiary alicyclic amines) is 1. The van der Waals surface area contributed by atoms with Gasteiger partial charge in [-0.3, -0.25) is 4.79 Å². The molecule has 6 heteroatoms. The van der Waals surface area contributed by atoms with E-state index in [0.717, 1.165) is 11.1 Å². The number of hydrogen-bond donors (Lipinski definition) is 0. The number of carbonyl (C=O) groups is 1. The summed E-state index contributed by atoms with van der Waals surface area (Å²) in [6.07, 6.45) is 0.390. The van der Waals surface area contributed by atoms with Gasteiger partial charge < -0.3 is 9.42 Å². The van der Waals surface area contributed by atoms with Crippen LogP contribution in [0.2, 0.25) is 5.02 Å². The SMILES string of the molecule is CC(C)c1ccc(-c2noc(C3CC(=O)N(Cc4ccc(Cl)cc4)C3)n2)cc1. The Morgan fingerprint density at radius 2 is 1.86 bits per heavy atom. The number of amides is 1. The molecule has 0 aliphatic carbocycles. The summed E-state index contributed by atoms with van der Waals surface area (Å²) in [5.74, 6) is 1.59. The highest BCUT2D eigenvalue weighted by molar-refractivity contribution is 6.30. The molecule has 1 unspecified atom stereocenters. The minimum atomic E-state index is -0.0732. The first-order valence-corrected chi connectivity index (χ1v) is 9.83. The van der Waals surface area contributed by atoms with Gasteiger partial charge in [-0.25, -0.2) is 0 Å². The molecule has 0 saturated carbocycles. The summed E-state index contributed by atoms with van der Waals surface area (Å²) in [5, 5.41) is 4.81. The second kappa shape index (κ2) is 7.76. The Kier molecular flexibility index (Phi) is 5.18. The monoisotopic (exact) mass is 395 g/mol. The Morgan fingerprint density at radius 1 is 1.14 bits per heavy atom. The van der Waals surface area contributed by atoms with E-state index in [1.807, 2.05) is 41.3 Å². The van der Waals surface area contributed by atoms with Crippen LogP contribution in [-0.4, -0.2) is 27.5 Å². The minimum Gasteiger partial charge on any atom is -0.339 e. The van der Waals surface area contributed by atoms with E-state index in [1.165, 1.54) is 5.56 Å². The third kappa shape index (κ3) is 3.94. The lowest BCUT2D eigenvalue weighted by atomic mass is 10.0. The van der Waals surface area contributed by atoms with E-state index in [-0.39, 0.29) is 11.8 Å². The molecule has 28 heavy (non-hydrogen) atoms. The maximum atomic E-state index is 12.4. The fourth-order valence-electron chi connectivity index (χ4n) is 3.44. The molecule has 1 fully saturated rings. The molecule has 0 radical (unpaired) electrons. The zero-order chi connectivity index (χ0) is 19.7. The first-order valence-electron chi connectivity index (χ1n) is 9.46. The molecule has 0 spiro atoms. The van der Waals surface area contributed by atoms with Gasteiger partial charge in [0.25, 0.3) is 0 Å². The van der Waals surface area contributed by atoms with Crippen molar-refractivity contribution in [3.8, 4) is 11.4 Å². The van der Waals surface area contributed by atoms with Crippen LogP contribution in [0.1, 0.15) is 49.1 Å². The molecule has 1 atom stereocenters. The predicted octanol–water partition coefficient (Wildman–Crippen LogP) is 5.03. The number of nitrogens with zero attached hydrogens (tertiary/aromatic N) is 3. The normalized spacial score (nSPS) is 16.9. The first kappa shape index (κ1) is 18.7. The summed E-state index contributed by atoms with van der Waals surface area (Å²) < 4.78 is 5.49. The molecular formula is C22H22ClN3O2. The molecule has 5 nitrogen and oxygen atoms in total. The van der Waals surface area contributed by atoms with E-state index >= 15 is 0 Å². The molecule has 1 aliphatic rings. The number of benzene rings is 2. The van der Waals surface area contributed by atoms with Crippen LogP contribution in [0.5, 0.6) is 0 Å². The van der Waals surface area contributed by atoms with Crippen LogP contribution in [0.4, 0.5) is 0 Å². The molecule has 2 aromatic carbocycles. The van der Waals surface area contributed by atoms with Crippen LogP contribution in [0.3, 0.4) is 0 Å². The van der Waals surface area contributed by atoms with Gasteiger partial charge in [-0.05, 0) is 29.2 Å². The summed E-state index contributed by atoms with van der Waals surface area (Å²) in [6, 6.07) is 15.7. The second-order valence-electron chi connectivity index (χ2n) is 7.53. The zero-order valence-electron chi connectivity index (χ0n) is 15.9. The second-order valence-corrected chi connectivity index (χ2v) is 7.97. The molecular weight excluding hydrogens is 374 g/mol. The average molecular weight is 396 g/mol. The number of halogens is 1. The van der Waals surface area contributed by atoms with Crippen LogP contribution >= 0.6 is 11.6 Å². The highest BCUT2D eigenvalue weighted by atomic mass is 35.5. The van der Waals surface area contributed by atoms with Crippen molar-refractivity contribution in [2.24, 2.45) is 0 Å². The lowest BCUT2D eigenvalue weighted by Crippen LogP contribution is -2.24.